The van der Waals surface area contributed by atoms with Gasteiger partial charge in [0.05, 0.1) is 5.75 Å². The van der Waals surface area contributed by atoms with Gasteiger partial charge in [0.2, 0.25) is 0 Å². The van der Waals surface area contributed by atoms with Gasteiger partial charge in [0, 0.05) is 0 Å². The van der Waals surface area contributed by atoms with Crippen molar-refractivity contribution in [3.05, 3.63) is 24.3 Å². The molecule has 0 radical (unpaired) electrons. The van der Waals surface area contributed by atoms with Crippen molar-refractivity contribution in [2.45, 2.75) is 6.42 Å². The minimum Gasteiger partial charge on any atom is -0.306 e. The van der Waals surface area contributed by atoms with Crippen LogP contribution in [-0.4, -0.2) is 14.5 Å². The molecule has 0 aromatic carbocycles. The maximum atomic E-state index is 10.3. The second-order valence-corrected chi connectivity index (χ2v) is 3.27. The monoisotopic (exact) mass is 158 g/mol. The first-order chi connectivity index (χ1) is 4.79. The normalized spacial score (nSPS) is 26.7. The lowest BCUT2D eigenvalue weighted by atomic mass is 10.0. The van der Waals surface area contributed by atoms with Crippen LogP contribution in [-0.2, 0) is 11.1 Å². The quantitative estimate of drug-likeness (QED) is 0.616. The lowest BCUT2D eigenvalue weighted by Gasteiger charge is -2.08. The summed E-state index contributed by atoms with van der Waals surface area (Å²) in [5.41, 5.74) is 0. The Bertz CT molecular complexity index is 184. The molecular formula is C7H10O2S. The van der Waals surface area contributed by atoms with E-state index < -0.39 is 11.1 Å². The van der Waals surface area contributed by atoms with E-state index in [1.54, 1.807) is 0 Å². The van der Waals surface area contributed by atoms with Gasteiger partial charge in [-0.3, -0.25) is 0 Å². The highest BCUT2D eigenvalue weighted by atomic mass is 32.2. The van der Waals surface area contributed by atoms with Gasteiger partial charge in [0.25, 0.3) is 0 Å². The molecule has 1 aliphatic carbocycles. The maximum absolute atomic E-state index is 10.3. The average Bonchev–Trinajstić information content (AvgIpc) is 1.88. The van der Waals surface area contributed by atoms with Gasteiger partial charge < -0.3 is 4.55 Å². The minimum absolute atomic E-state index is 0.260. The summed E-state index contributed by atoms with van der Waals surface area (Å²) in [6, 6.07) is 0. The van der Waals surface area contributed by atoms with Crippen LogP contribution in [0.1, 0.15) is 6.42 Å². The molecule has 2 nitrogen and oxygen atoms in total. The van der Waals surface area contributed by atoms with Gasteiger partial charge in [-0.05, 0) is 12.3 Å². The summed E-state index contributed by atoms with van der Waals surface area (Å²) in [6.07, 6.45) is 8.74. The molecule has 0 bridgehead atoms. The lowest BCUT2D eigenvalue weighted by Crippen LogP contribution is -2.08. The van der Waals surface area contributed by atoms with Crippen molar-refractivity contribution in [2.75, 3.05) is 5.75 Å². The second-order valence-electron chi connectivity index (χ2n) is 2.30. The third-order valence-corrected chi connectivity index (χ3v) is 2.14. The van der Waals surface area contributed by atoms with Crippen molar-refractivity contribution in [3.63, 3.8) is 0 Å². The van der Waals surface area contributed by atoms with E-state index in [-0.39, 0.29) is 5.92 Å². The number of rotatable bonds is 2. The molecule has 3 heteroatoms. The molecule has 0 fully saturated rings. The van der Waals surface area contributed by atoms with Gasteiger partial charge in [0.1, 0.15) is 0 Å². The predicted molar refractivity (Wildman–Crippen MR) is 42.0 cm³/mol. The first kappa shape index (κ1) is 7.69. The first-order valence-electron chi connectivity index (χ1n) is 3.20. The van der Waals surface area contributed by atoms with Crippen LogP contribution in [0.3, 0.4) is 0 Å². The van der Waals surface area contributed by atoms with Gasteiger partial charge in [-0.15, -0.1) is 0 Å². The van der Waals surface area contributed by atoms with E-state index in [1.165, 1.54) is 0 Å². The molecule has 0 saturated carbocycles. The third kappa shape index (κ3) is 2.45. The molecule has 1 N–H and O–H groups in total. The smallest absolute Gasteiger partial charge is 0.153 e. The molecule has 2 unspecified atom stereocenters. The summed E-state index contributed by atoms with van der Waals surface area (Å²) in [6.45, 7) is 0. The molecule has 0 spiro atoms. The van der Waals surface area contributed by atoms with Gasteiger partial charge in [-0.1, -0.05) is 24.3 Å². The van der Waals surface area contributed by atoms with Crippen LogP contribution < -0.4 is 0 Å². The number of allylic oxidation sites excluding steroid dienone is 4. The zero-order chi connectivity index (χ0) is 7.40. The fourth-order valence-electron chi connectivity index (χ4n) is 0.939. The van der Waals surface area contributed by atoms with Crippen molar-refractivity contribution in [3.8, 4) is 0 Å². The Kier molecular flexibility index (Phi) is 2.83. The van der Waals surface area contributed by atoms with Crippen molar-refractivity contribution in [2.24, 2.45) is 5.92 Å². The molecule has 0 amide bonds. The Morgan fingerprint density at radius 1 is 1.60 bits per heavy atom. The molecular weight excluding hydrogens is 148 g/mol. The van der Waals surface area contributed by atoms with Crippen molar-refractivity contribution in [1.82, 2.24) is 0 Å². The fourth-order valence-corrected chi connectivity index (χ4v) is 1.55. The van der Waals surface area contributed by atoms with Crippen LogP contribution in [0.4, 0.5) is 0 Å². The van der Waals surface area contributed by atoms with Crippen LogP contribution in [0.2, 0.25) is 0 Å². The van der Waals surface area contributed by atoms with Crippen molar-refractivity contribution in [1.29, 1.82) is 0 Å². The summed E-state index contributed by atoms with van der Waals surface area (Å²) < 4.78 is 18.8. The zero-order valence-corrected chi connectivity index (χ0v) is 6.38. The Labute approximate surface area is 62.9 Å². The molecule has 10 heavy (non-hydrogen) atoms. The Hall–Kier alpha value is -0.410. The highest BCUT2D eigenvalue weighted by Crippen LogP contribution is 2.11. The minimum atomic E-state index is -1.65. The topological polar surface area (TPSA) is 37.3 Å². The molecule has 0 heterocycles. The van der Waals surface area contributed by atoms with Gasteiger partial charge in [-0.2, -0.15) is 0 Å². The fraction of sp³-hybridized carbons (Fsp3) is 0.429. The molecule has 56 valence electrons. The van der Waals surface area contributed by atoms with Gasteiger partial charge in [0.15, 0.2) is 11.1 Å². The van der Waals surface area contributed by atoms with Crippen LogP contribution in [0.15, 0.2) is 24.3 Å². The summed E-state index contributed by atoms with van der Waals surface area (Å²) in [5, 5.41) is 0. The molecule has 1 aliphatic rings. The standard InChI is InChI=1S/C7H10O2S/c8-10(9)6-7-4-2-1-3-5-7/h1-4,7H,5-6H2,(H,8,9). The SMILES string of the molecule is O=S(O)CC1C=CC=CC1. The van der Waals surface area contributed by atoms with Crippen LogP contribution >= 0.6 is 0 Å². The van der Waals surface area contributed by atoms with Crippen molar-refractivity contribution >= 4 is 11.1 Å². The van der Waals surface area contributed by atoms with Crippen LogP contribution in [0.25, 0.3) is 0 Å². The Morgan fingerprint density at radius 3 is 2.90 bits per heavy atom. The lowest BCUT2D eigenvalue weighted by molar-refractivity contribution is 0.552. The highest BCUT2D eigenvalue weighted by Gasteiger charge is 2.07. The van der Waals surface area contributed by atoms with E-state index in [1.807, 2.05) is 24.3 Å². The van der Waals surface area contributed by atoms with E-state index in [4.69, 9.17) is 4.55 Å². The Balaban J connectivity index is 2.37. The maximum Gasteiger partial charge on any atom is 0.153 e. The summed E-state index contributed by atoms with van der Waals surface area (Å²) in [7, 11) is 0. The first-order valence-corrected chi connectivity index (χ1v) is 4.47. The summed E-state index contributed by atoms with van der Waals surface area (Å²) in [4.78, 5) is 0. The van der Waals surface area contributed by atoms with Gasteiger partial charge in [-0.25, -0.2) is 4.21 Å². The van der Waals surface area contributed by atoms with E-state index in [2.05, 4.69) is 0 Å². The molecule has 0 aromatic heterocycles. The van der Waals surface area contributed by atoms with Crippen LogP contribution in [0.5, 0.6) is 0 Å². The molecule has 1 rings (SSSR count). The summed E-state index contributed by atoms with van der Waals surface area (Å²) in [5.74, 6) is 0.622. The van der Waals surface area contributed by atoms with E-state index >= 15 is 0 Å². The molecule has 0 aliphatic heterocycles. The van der Waals surface area contributed by atoms with Gasteiger partial charge >= 0.3 is 0 Å². The predicted octanol–water partition coefficient (Wildman–Crippen LogP) is 1.34. The highest BCUT2D eigenvalue weighted by molar-refractivity contribution is 7.79. The molecule has 0 aromatic rings. The largest absolute Gasteiger partial charge is 0.306 e. The average molecular weight is 158 g/mol. The van der Waals surface area contributed by atoms with E-state index in [0.29, 0.717) is 5.75 Å². The molecule has 2 atom stereocenters. The van der Waals surface area contributed by atoms with E-state index in [9.17, 15) is 4.21 Å². The number of hydrogen-bond donors (Lipinski definition) is 1. The summed E-state index contributed by atoms with van der Waals surface area (Å²) >= 11 is -1.65. The zero-order valence-electron chi connectivity index (χ0n) is 5.56. The number of hydrogen-bond acceptors (Lipinski definition) is 1. The van der Waals surface area contributed by atoms with Crippen LogP contribution in [0, 0.1) is 5.92 Å². The second kappa shape index (κ2) is 3.68. The third-order valence-electron chi connectivity index (χ3n) is 1.43. The Morgan fingerprint density at radius 2 is 2.40 bits per heavy atom. The molecule has 0 saturated heterocycles. The van der Waals surface area contributed by atoms with E-state index in [0.717, 1.165) is 6.42 Å². The van der Waals surface area contributed by atoms with Crippen molar-refractivity contribution < 1.29 is 8.76 Å².